The predicted octanol–water partition coefficient (Wildman–Crippen LogP) is 1.79. The van der Waals surface area contributed by atoms with Gasteiger partial charge in [0.25, 0.3) is 0 Å². The molecule has 0 aromatic heterocycles. The Morgan fingerprint density at radius 1 is 1.50 bits per heavy atom. The van der Waals surface area contributed by atoms with E-state index in [0.717, 1.165) is 0 Å². The molecule has 0 aliphatic carbocycles. The quantitative estimate of drug-likeness (QED) is 0.797. The van der Waals surface area contributed by atoms with E-state index >= 15 is 0 Å². The standard InChI is InChI=1S/C12H14O4/c1-16-10-6-5-9(4-2-3-7-13)11(8-10)12(14)15/h2,4-6,8,13H,3,7H2,1H3,(H,14,15). The first kappa shape index (κ1) is 12.3. The maximum absolute atomic E-state index is 11.0. The van der Waals surface area contributed by atoms with E-state index in [-0.39, 0.29) is 12.2 Å². The highest BCUT2D eigenvalue weighted by atomic mass is 16.5. The van der Waals surface area contributed by atoms with Gasteiger partial charge in [0.15, 0.2) is 0 Å². The Bertz CT molecular complexity index is 396. The van der Waals surface area contributed by atoms with Gasteiger partial charge in [0.05, 0.1) is 12.7 Å². The van der Waals surface area contributed by atoms with Crippen LogP contribution in [0.1, 0.15) is 22.3 Å². The van der Waals surface area contributed by atoms with E-state index in [1.54, 1.807) is 24.3 Å². The van der Waals surface area contributed by atoms with Crippen LogP contribution in [0.4, 0.5) is 0 Å². The van der Waals surface area contributed by atoms with Crippen molar-refractivity contribution < 1.29 is 19.7 Å². The van der Waals surface area contributed by atoms with Crippen LogP contribution in [-0.4, -0.2) is 29.9 Å². The number of rotatable bonds is 5. The molecule has 0 unspecified atom stereocenters. The molecule has 0 spiro atoms. The zero-order valence-electron chi connectivity index (χ0n) is 9.01. The minimum Gasteiger partial charge on any atom is -0.497 e. The van der Waals surface area contributed by atoms with Gasteiger partial charge in [-0.05, 0) is 24.1 Å². The lowest BCUT2D eigenvalue weighted by Crippen LogP contribution is -2.00. The topological polar surface area (TPSA) is 66.8 Å². The lowest BCUT2D eigenvalue weighted by atomic mass is 10.1. The van der Waals surface area contributed by atoms with Crippen LogP contribution in [0.15, 0.2) is 24.3 Å². The summed E-state index contributed by atoms with van der Waals surface area (Å²) in [7, 11) is 1.49. The molecule has 0 radical (unpaired) electrons. The Kier molecular flexibility index (Phi) is 4.54. The largest absolute Gasteiger partial charge is 0.497 e. The molecular weight excluding hydrogens is 208 g/mol. The second-order valence-corrected chi connectivity index (χ2v) is 3.17. The Hall–Kier alpha value is -1.81. The summed E-state index contributed by atoms with van der Waals surface area (Å²) in [6.45, 7) is 0.0507. The molecule has 0 bridgehead atoms. The van der Waals surface area contributed by atoms with Crippen molar-refractivity contribution in [3.05, 3.63) is 35.4 Å². The molecule has 16 heavy (non-hydrogen) atoms. The minimum absolute atomic E-state index is 0.0507. The third-order valence-corrected chi connectivity index (χ3v) is 2.08. The summed E-state index contributed by atoms with van der Waals surface area (Å²) in [5.74, 6) is -0.487. The molecule has 1 aromatic carbocycles. The van der Waals surface area contributed by atoms with Gasteiger partial charge in [0, 0.05) is 6.61 Å². The summed E-state index contributed by atoms with van der Waals surface area (Å²) in [6, 6.07) is 4.85. The number of benzene rings is 1. The Morgan fingerprint density at radius 2 is 2.25 bits per heavy atom. The van der Waals surface area contributed by atoms with E-state index in [9.17, 15) is 4.79 Å². The van der Waals surface area contributed by atoms with Crippen LogP contribution >= 0.6 is 0 Å². The average molecular weight is 222 g/mol. The molecule has 4 heteroatoms. The fourth-order valence-electron chi connectivity index (χ4n) is 1.28. The molecule has 0 saturated heterocycles. The van der Waals surface area contributed by atoms with Crippen molar-refractivity contribution in [2.45, 2.75) is 6.42 Å². The van der Waals surface area contributed by atoms with Crippen molar-refractivity contribution in [3.8, 4) is 5.75 Å². The number of methoxy groups -OCH3 is 1. The first-order valence-corrected chi connectivity index (χ1v) is 4.87. The fourth-order valence-corrected chi connectivity index (χ4v) is 1.28. The zero-order valence-corrected chi connectivity index (χ0v) is 9.01. The van der Waals surface area contributed by atoms with Crippen molar-refractivity contribution in [3.63, 3.8) is 0 Å². The van der Waals surface area contributed by atoms with Gasteiger partial charge in [0.1, 0.15) is 5.75 Å². The number of hydrogen-bond donors (Lipinski definition) is 2. The zero-order chi connectivity index (χ0) is 12.0. The number of carboxylic acids is 1. The van der Waals surface area contributed by atoms with Gasteiger partial charge in [-0.15, -0.1) is 0 Å². The maximum atomic E-state index is 11.0. The van der Waals surface area contributed by atoms with Crippen molar-refractivity contribution in [1.29, 1.82) is 0 Å². The van der Waals surface area contributed by atoms with Crippen LogP contribution in [0.5, 0.6) is 5.75 Å². The van der Waals surface area contributed by atoms with Crippen LogP contribution in [0.3, 0.4) is 0 Å². The Balaban J connectivity index is 3.03. The fraction of sp³-hybridized carbons (Fsp3) is 0.250. The predicted molar refractivity (Wildman–Crippen MR) is 60.7 cm³/mol. The molecule has 0 atom stereocenters. The molecule has 4 nitrogen and oxygen atoms in total. The highest BCUT2D eigenvalue weighted by Crippen LogP contribution is 2.19. The van der Waals surface area contributed by atoms with E-state index in [4.69, 9.17) is 14.9 Å². The first-order valence-electron chi connectivity index (χ1n) is 4.87. The summed E-state index contributed by atoms with van der Waals surface area (Å²) in [4.78, 5) is 11.0. The second-order valence-electron chi connectivity index (χ2n) is 3.17. The minimum atomic E-state index is -0.998. The van der Waals surface area contributed by atoms with Gasteiger partial charge in [-0.2, -0.15) is 0 Å². The summed E-state index contributed by atoms with van der Waals surface area (Å²) in [5, 5.41) is 17.6. The van der Waals surface area contributed by atoms with Gasteiger partial charge in [-0.25, -0.2) is 4.79 Å². The van der Waals surface area contributed by atoms with E-state index in [2.05, 4.69) is 0 Å². The third kappa shape index (κ3) is 3.10. The summed E-state index contributed by atoms with van der Waals surface area (Å²) in [6.07, 6.45) is 3.92. The average Bonchev–Trinajstić information content (AvgIpc) is 2.29. The number of carbonyl (C=O) groups is 1. The van der Waals surface area contributed by atoms with Crippen LogP contribution in [0.25, 0.3) is 6.08 Å². The van der Waals surface area contributed by atoms with Crippen LogP contribution < -0.4 is 4.74 Å². The van der Waals surface area contributed by atoms with Gasteiger partial charge in [-0.3, -0.25) is 0 Å². The number of aliphatic hydroxyl groups excluding tert-OH is 1. The molecular formula is C12H14O4. The van der Waals surface area contributed by atoms with Gasteiger partial charge in [-0.1, -0.05) is 18.2 Å². The molecule has 0 heterocycles. The molecule has 1 rings (SSSR count). The normalized spacial score (nSPS) is 10.6. The van der Waals surface area contributed by atoms with Crippen molar-refractivity contribution in [1.82, 2.24) is 0 Å². The first-order chi connectivity index (χ1) is 7.69. The monoisotopic (exact) mass is 222 g/mol. The van der Waals surface area contributed by atoms with E-state index in [0.29, 0.717) is 17.7 Å². The molecule has 1 aromatic rings. The summed E-state index contributed by atoms with van der Waals surface area (Å²) in [5.41, 5.74) is 0.787. The van der Waals surface area contributed by atoms with Crippen LogP contribution in [-0.2, 0) is 0 Å². The molecule has 0 aliphatic heterocycles. The highest BCUT2D eigenvalue weighted by Gasteiger charge is 2.08. The number of aromatic carboxylic acids is 1. The van der Waals surface area contributed by atoms with Crippen molar-refractivity contribution in [2.75, 3.05) is 13.7 Å². The third-order valence-electron chi connectivity index (χ3n) is 2.08. The Morgan fingerprint density at radius 3 is 2.81 bits per heavy atom. The summed E-state index contributed by atoms with van der Waals surface area (Å²) >= 11 is 0. The molecule has 0 saturated carbocycles. The molecule has 2 N–H and O–H groups in total. The second kappa shape index (κ2) is 5.92. The molecule has 0 amide bonds. The van der Waals surface area contributed by atoms with Crippen molar-refractivity contribution in [2.24, 2.45) is 0 Å². The number of aliphatic hydroxyl groups is 1. The smallest absolute Gasteiger partial charge is 0.336 e. The lowest BCUT2D eigenvalue weighted by Gasteiger charge is -2.04. The lowest BCUT2D eigenvalue weighted by molar-refractivity contribution is 0.0696. The number of carboxylic acid groups (broad SMARTS) is 1. The molecule has 0 aliphatic rings. The number of ether oxygens (including phenoxy) is 1. The van der Waals surface area contributed by atoms with E-state index in [1.165, 1.54) is 13.2 Å². The van der Waals surface area contributed by atoms with Gasteiger partial charge < -0.3 is 14.9 Å². The van der Waals surface area contributed by atoms with Crippen LogP contribution in [0.2, 0.25) is 0 Å². The van der Waals surface area contributed by atoms with Crippen molar-refractivity contribution >= 4 is 12.0 Å². The molecule has 86 valence electrons. The van der Waals surface area contributed by atoms with E-state index < -0.39 is 5.97 Å². The van der Waals surface area contributed by atoms with Gasteiger partial charge in [0.2, 0.25) is 0 Å². The van der Waals surface area contributed by atoms with Gasteiger partial charge >= 0.3 is 5.97 Å². The highest BCUT2D eigenvalue weighted by molar-refractivity contribution is 5.92. The Labute approximate surface area is 93.8 Å². The maximum Gasteiger partial charge on any atom is 0.336 e. The van der Waals surface area contributed by atoms with E-state index in [1.807, 2.05) is 0 Å². The summed E-state index contributed by atoms with van der Waals surface area (Å²) < 4.78 is 4.96. The van der Waals surface area contributed by atoms with Crippen LogP contribution in [0, 0.1) is 0 Å². The molecule has 0 fully saturated rings. The number of hydrogen-bond acceptors (Lipinski definition) is 3. The SMILES string of the molecule is COc1ccc(C=CCCO)c(C(=O)O)c1.